The predicted molar refractivity (Wildman–Crippen MR) is 139 cm³/mol. The molecule has 0 bridgehead atoms. The van der Waals surface area contributed by atoms with Crippen LogP contribution in [0.3, 0.4) is 0 Å². The van der Waals surface area contributed by atoms with E-state index in [4.69, 9.17) is 4.74 Å². The zero-order valence-corrected chi connectivity index (χ0v) is 22.9. The molecular weight excluding hydrogens is 488 g/mol. The molecular formula is C30H41F2N3O3. The Bertz CT molecular complexity index is 1230. The van der Waals surface area contributed by atoms with Crippen LogP contribution < -0.4 is 0 Å². The number of methoxy groups -OCH3 is 1. The number of halogens is 2. The topological polar surface area (TPSA) is 77.2 Å². The lowest BCUT2D eigenvalue weighted by molar-refractivity contribution is -0.163. The molecule has 8 atom stereocenters. The maximum atomic E-state index is 14.2. The third-order valence-corrected chi connectivity index (χ3v) is 11.7. The highest BCUT2D eigenvalue weighted by molar-refractivity contribution is 5.84. The summed E-state index contributed by atoms with van der Waals surface area (Å²) in [6.07, 6.45) is 10.3. The molecule has 1 N–H and O–H groups in total. The maximum absolute atomic E-state index is 14.2. The number of aromatic nitrogens is 3. The first kappa shape index (κ1) is 26.3. The van der Waals surface area contributed by atoms with Crippen molar-refractivity contribution >= 4 is 16.8 Å². The number of ketones is 1. The van der Waals surface area contributed by atoms with E-state index in [0.29, 0.717) is 29.2 Å². The third kappa shape index (κ3) is 3.95. The number of nitrogens with zero attached hydrogens (tertiary/aromatic N) is 3. The van der Waals surface area contributed by atoms with E-state index in [-0.39, 0.29) is 34.6 Å². The van der Waals surface area contributed by atoms with Crippen LogP contribution in [0.25, 0.3) is 11.0 Å². The first-order valence-electron chi connectivity index (χ1n) is 14.5. The number of ether oxygens (including phenoxy) is 1. The van der Waals surface area contributed by atoms with Gasteiger partial charge in [0.2, 0.25) is 0 Å². The molecule has 2 aromatic rings. The lowest BCUT2D eigenvalue weighted by Gasteiger charge is -2.63. The molecule has 0 saturated heterocycles. The second-order valence-electron chi connectivity index (χ2n) is 13.4. The fourth-order valence-corrected chi connectivity index (χ4v) is 9.91. The van der Waals surface area contributed by atoms with Gasteiger partial charge in [-0.3, -0.25) is 4.79 Å². The van der Waals surface area contributed by atoms with Gasteiger partial charge in [0, 0.05) is 19.6 Å². The summed E-state index contributed by atoms with van der Waals surface area (Å²) in [5, 5.41) is 18.7. The number of aliphatic hydroxyl groups is 1. The van der Waals surface area contributed by atoms with Gasteiger partial charge < -0.3 is 9.84 Å². The summed E-state index contributed by atoms with van der Waals surface area (Å²) in [4.78, 5) is 13.7. The number of hydrogen-bond acceptors (Lipinski definition) is 5. The minimum absolute atomic E-state index is 0.0393. The van der Waals surface area contributed by atoms with Crippen LogP contribution >= 0.6 is 0 Å². The Hall–Kier alpha value is -1.93. The zero-order valence-electron chi connectivity index (χ0n) is 22.9. The summed E-state index contributed by atoms with van der Waals surface area (Å²) in [6, 6.07) is 2.52. The minimum Gasteiger partial charge on any atom is -0.390 e. The molecule has 1 aromatic heterocycles. The monoisotopic (exact) mass is 529 g/mol. The van der Waals surface area contributed by atoms with Gasteiger partial charge in [0.05, 0.1) is 11.1 Å². The van der Waals surface area contributed by atoms with Gasteiger partial charge in [-0.25, -0.2) is 13.5 Å². The van der Waals surface area contributed by atoms with Crippen molar-refractivity contribution in [1.82, 2.24) is 15.0 Å². The Balaban J connectivity index is 1.23. The summed E-state index contributed by atoms with van der Waals surface area (Å²) in [5.41, 5.74) is -0.168. The van der Waals surface area contributed by atoms with Gasteiger partial charge in [0.25, 0.3) is 0 Å². The van der Waals surface area contributed by atoms with Gasteiger partial charge >= 0.3 is 0 Å². The first-order valence-corrected chi connectivity index (χ1v) is 14.5. The van der Waals surface area contributed by atoms with Crippen LogP contribution in [0.15, 0.2) is 12.1 Å². The van der Waals surface area contributed by atoms with Crippen LogP contribution in [-0.2, 0) is 16.1 Å². The van der Waals surface area contributed by atoms with E-state index in [1.165, 1.54) is 17.2 Å². The third-order valence-electron chi connectivity index (χ3n) is 11.7. The smallest absolute Gasteiger partial charge is 0.188 e. The SMILES string of the molecule is COCC[C@]12CC[C@@](C)(O)C[C@@H]1CC[C@H]1[C@@H]3CC[C@H](C(=O)Cn4nnc5c(F)c(F)ccc54)[C@@]3(C)CC[C@@H]12. The molecule has 1 heterocycles. The normalized spacial score (nSPS) is 40.5. The number of carbonyl (C=O) groups is 1. The van der Waals surface area contributed by atoms with E-state index in [0.717, 1.165) is 70.5 Å². The Morgan fingerprint density at radius 3 is 2.71 bits per heavy atom. The van der Waals surface area contributed by atoms with E-state index < -0.39 is 17.2 Å². The molecule has 8 heteroatoms. The summed E-state index contributed by atoms with van der Waals surface area (Å²) in [6.45, 7) is 5.14. The molecule has 4 fully saturated rings. The Labute approximate surface area is 223 Å². The minimum atomic E-state index is -1.02. The van der Waals surface area contributed by atoms with Crippen molar-refractivity contribution in [3.8, 4) is 0 Å². The van der Waals surface area contributed by atoms with Crippen LogP contribution in [0.2, 0.25) is 0 Å². The van der Waals surface area contributed by atoms with E-state index in [2.05, 4.69) is 17.2 Å². The predicted octanol–water partition coefficient (Wildman–Crippen LogP) is 5.71. The van der Waals surface area contributed by atoms with Gasteiger partial charge in [-0.05, 0) is 118 Å². The number of rotatable bonds is 6. The highest BCUT2D eigenvalue weighted by atomic mass is 19.2. The number of carbonyl (C=O) groups excluding carboxylic acids is 1. The summed E-state index contributed by atoms with van der Waals surface area (Å²) < 4.78 is 34.8. The molecule has 4 aliphatic carbocycles. The molecule has 0 radical (unpaired) electrons. The van der Waals surface area contributed by atoms with Crippen LogP contribution in [0.5, 0.6) is 0 Å². The molecule has 0 unspecified atom stereocenters. The lowest BCUT2D eigenvalue weighted by Crippen LogP contribution is -2.57. The second kappa shape index (κ2) is 9.33. The Morgan fingerprint density at radius 1 is 1.11 bits per heavy atom. The van der Waals surface area contributed by atoms with Crippen LogP contribution in [0.4, 0.5) is 8.78 Å². The molecule has 208 valence electrons. The molecule has 1 aromatic carbocycles. The molecule has 0 amide bonds. The Kier molecular flexibility index (Phi) is 6.45. The zero-order chi connectivity index (χ0) is 26.9. The van der Waals surface area contributed by atoms with Crippen LogP contribution in [-0.4, -0.2) is 45.2 Å². The van der Waals surface area contributed by atoms with Gasteiger partial charge in [0.15, 0.2) is 22.9 Å². The first-order chi connectivity index (χ1) is 18.1. The summed E-state index contributed by atoms with van der Waals surface area (Å²) >= 11 is 0. The van der Waals surface area contributed by atoms with Crippen molar-refractivity contribution < 1.29 is 23.4 Å². The summed E-state index contributed by atoms with van der Waals surface area (Å²) in [5.74, 6) is 0.365. The summed E-state index contributed by atoms with van der Waals surface area (Å²) in [7, 11) is 1.79. The molecule has 6 rings (SSSR count). The molecule has 4 saturated carbocycles. The number of hydrogen-bond donors (Lipinski definition) is 1. The fraction of sp³-hybridized carbons (Fsp3) is 0.767. The fourth-order valence-electron chi connectivity index (χ4n) is 9.91. The Morgan fingerprint density at radius 2 is 1.92 bits per heavy atom. The van der Waals surface area contributed by atoms with Crippen molar-refractivity contribution in [1.29, 1.82) is 0 Å². The van der Waals surface area contributed by atoms with E-state index in [1.54, 1.807) is 7.11 Å². The maximum Gasteiger partial charge on any atom is 0.188 e. The molecule has 38 heavy (non-hydrogen) atoms. The number of benzene rings is 1. The van der Waals surface area contributed by atoms with Crippen molar-refractivity contribution in [2.45, 2.75) is 90.2 Å². The van der Waals surface area contributed by atoms with Crippen molar-refractivity contribution in [2.75, 3.05) is 13.7 Å². The average molecular weight is 530 g/mol. The highest BCUT2D eigenvalue weighted by Crippen LogP contribution is 2.69. The van der Waals surface area contributed by atoms with Crippen LogP contribution in [0, 0.1) is 52.1 Å². The van der Waals surface area contributed by atoms with Crippen molar-refractivity contribution in [2.24, 2.45) is 40.4 Å². The standard InChI is InChI=1S/C30H41F2N3O3/c1-28(37)12-13-30(14-15-38-3)18(16-28)4-5-19-20-6-7-22(29(20,2)11-10-21(19)30)25(36)17-35-24-9-8-23(31)26(32)27(24)33-34-35/h8-9,18-22,37H,4-7,10-17H2,1-3H3/t18-,19-,20-,21-,22+,28+,29-,30+/m0/s1. The van der Waals surface area contributed by atoms with Crippen molar-refractivity contribution in [3.05, 3.63) is 23.8 Å². The lowest BCUT2D eigenvalue weighted by atomic mass is 9.42. The van der Waals surface area contributed by atoms with Gasteiger partial charge in [-0.1, -0.05) is 12.1 Å². The van der Waals surface area contributed by atoms with Crippen molar-refractivity contribution in [3.63, 3.8) is 0 Å². The van der Waals surface area contributed by atoms with Gasteiger partial charge in [0.1, 0.15) is 6.54 Å². The molecule has 0 spiro atoms. The van der Waals surface area contributed by atoms with Gasteiger partial charge in [-0.2, -0.15) is 0 Å². The number of Topliss-reactive ketones (excluding diaryl/α,β-unsaturated/α-hetero) is 1. The quantitative estimate of drug-likeness (QED) is 0.519. The molecule has 6 nitrogen and oxygen atoms in total. The van der Waals surface area contributed by atoms with Crippen LogP contribution in [0.1, 0.15) is 78.1 Å². The van der Waals surface area contributed by atoms with E-state index >= 15 is 0 Å². The average Bonchev–Trinajstić information content (AvgIpc) is 3.45. The van der Waals surface area contributed by atoms with E-state index in [1.807, 2.05) is 6.92 Å². The highest BCUT2D eigenvalue weighted by Gasteiger charge is 2.62. The van der Waals surface area contributed by atoms with Gasteiger partial charge in [-0.15, -0.1) is 5.10 Å². The number of fused-ring (bicyclic) bond motifs is 6. The van der Waals surface area contributed by atoms with E-state index in [9.17, 15) is 18.7 Å². The second-order valence-corrected chi connectivity index (χ2v) is 13.4. The molecule has 0 aliphatic heterocycles. The molecule has 4 aliphatic rings. The largest absolute Gasteiger partial charge is 0.390 e.